The van der Waals surface area contributed by atoms with Gasteiger partial charge in [-0.15, -0.1) is 0 Å². The highest BCUT2D eigenvalue weighted by atomic mass is 19.1. The van der Waals surface area contributed by atoms with E-state index in [1.165, 1.54) is 18.5 Å². The summed E-state index contributed by atoms with van der Waals surface area (Å²) in [6.07, 6.45) is 1.47. The van der Waals surface area contributed by atoms with Crippen molar-refractivity contribution in [2.75, 3.05) is 17.4 Å². The van der Waals surface area contributed by atoms with Crippen LogP contribution < -0.4 is 20.1 Å². The van der Waals surface area contributed by atoms with Gasteiger partial charge < -0.3 is 20.1 Å². The molecule has 0 saturated heterocycles. The fourth-order valence-corrected chi connectivity index (χ4v) is 2.45. The van der Waals surface area contributed by atoms with Crippen LogP contribution in [0.15, 0.2) is 54.9 Å². The highest BCUT2D eigenvalue weighted by molar-refractivity contribution is 5.58. The van der Waals surface area contributed by atoms with Gasteiger partial charge >= 0.3 is 0 Å². The topological polar surface area (TPSA) is 68.3 Å². The van der Waals surface area contributed by atoms with Crippen molar-refractivity contribution < 1.29 is 13.9 Å². The molecule has 2 heterocycles. The number of hydrogen-bond acceptors (Lipinski definition) is 6. The normalized spacial score (nSPS) is 12.0. The molecular formula is C18H15FN4O2. The lowest BCUT2D eigenvalue weighted by molar-refractivity contribution is 0.174. The van der Waals surface area contributed by atoms with Gasteiger partial charge in [0.05, 0.1) is 0 Å². The van der Waals surface area contributed by atoms with Gasteiger partial charge in [-0.2, -0.15) is 0 Å². The Labute approximate surface area is 143 Å². The van der Waals surface area contributed by atoms with Crippen molar-refractivity contribution in [2.24, 2.45) is 0 Å². The number of nitrogens with one attached hydrogen (secondary N) is 2. The Morgan fingerprint density at radius 3 is 2.60 bits per heavy atom. The minimum absolute atomic E-state index is 0.260. The van der Waals surface area contributed by atoms with Crippen LogP contribution in [0, 0.1) is 5.82 Å². The molecule has 0 atom stereocenters. The van der Waals surface area contributed by atoms with Crippen LogP contribution in [0.25, 0.3) is 0 Å². The van der Waals surface area contributed by atoms with E-state index >= 15 is 0 Å². The molecule has 0 aliphatic carbocycles. The Morgan fingerprint density at radius 1 is 0.920 bits per heavy atom. The summed E-state index contributed by atoms with van der Waals surface area (Å²) < 4.78 is 23.6. The van der Waals surface area contributed by atoms with E-state index in [-0.39, 0.29) is 12.6 Å². The maximum Gasteiger partial charge on any atom is 0.231 e. The molecule has 1 aliphatic heterocycles. The third-order valence-electron chi connectivity index (χ3n) is 3.69. The average Bonchev–Trinajstić information content (AvgIpc) is 3.10. The van der Waals surface area contributed by atoms with Gasteiger partial charge in [0.15, 0.2) is 11.5 Å². The molecule has 0 amide bonds. The second kappa shape index (κ2) is 6.64. The van der Waals surface area contributed by atoms with Gasteiger partial charge in [-0.3, -0.25) is 0 Å². The standard InChI is InChI=1S/C18H15FN4O2/c19-13-2-4-14(5-3-13)23-18-8-17(21-10-22-18)20-9-12-1-6-15-16(7-12)25-11-24-15/h1-8,10H,9,11H2,(H2,20,21,22,23). The largest absolute Gasteiger partial charge is 0.454 e. The predicted octanol–water partition coefficient (Wildman–Crippen LogP) is 3.70. The molecule has 6 nitrogen and oxygen atoms in total. The number of rotatable bonds is 5. The third-order valence-corrected chi connectivity index (χ3v) is 3.69. The van der Waals surface area contributed by atoms with Crippen LogP contribution in [0.3, 0.4) is 0 Å². The first kappa shape index (κ1) is 15.2. The van der Waals surface area contributed by atoms with E-state index in [9.17, 15) is 4.39 Å². The van der Waals surface area contributed by atoms with Crippen molar-refractivity contribution in [3.8, 4) is 11.5 Å². The summed E-state index contributed by atoms with van der Waals surface area (Å²) >= 11 is 0. The minimum Gasteiger partial charge on any atom is -0.454 e. The molecular weight excluding hydrogens is 323 g/mol. The number of ether oxygens (including phenoxy) is 2. The van der Waals surface area contributed by atoms with E-state index in [0.717, 1.165) is 22.7 Å². The van der Waals surface area contributed by atoms with E-state index in [2.05, 4.69) is 20.6 Å². The number of benzene rings is 2. The highest BCUT2D eigenvalue weighted by Gasteiger charge is 2.13. The molecule has 4 rings (SSSR count). The molecule has 0 radical (unpaired) electrons. The fourth-order valence-electron chi connectivity index (χ4n) is 2.45. The zero-order chi connectivity index (χ0) is 17.1. The lowest BCUT2D eigenvalue weighted by Crippen LogP contribution is -2.03. The molecule has 3 aromatic rings. The molecule has 0 unspecified atom stereocenters. The van der Waals surface area contributed by atoms with Gasteiger partial charge in [0.25, 0.3) is 0 Å². The van der Waals surface area contributed by atoms with Crippen LogP contribution >= 0.6 is 0 Å². The first-order valence-electron chi connectivity index (χ1n) is 7.73. The Hall–Kier alpha value is -3.35. The number of aromatic nitrogens is 2. The lowest BCUT2D eigenvalue weighted by Gasteiger charge is -2.09. The zero-order valence-electron chi connectivity index (χ0n) is 13.2. The van der Waals surface area contributed by atoms with Gasteiger partial charge in [-0.25, -0.2) is 14.4 Å². The highest BCUT2D eigenvalue weighted by Crippen LogP contribution is 2.32. The number of halogens is 1. The van der Waals surface area contributed by atoms with Crippen molar-refractivity contribution in [3.63, 3.8) is 0 Å². The van der Waals surface area contributed by atoms with Crippen molar-refractivity contribution in [3.05, 3.63) is 66.2 Å². The molecule has 0 fully saturated rings. The van der Waals surface area contributed by atoms with Gasteiger partial charge in [-0.1, -0.05) is 6.07 Å². The minimum atomic E-state index is -0.278. The second-order valence-corrected chi connectivity index (χ2v) is 5.46. The van der Waals surface area contributed by atoms with Crippen molar-refractivity contribution >= 4 is 17.3 Å². The number of nitrogens with zero attached hydrogens (tertiary/aromatic N) is 2. The Morgan fingerprint density at radius 2 is 1.72 bits per heavy atom. The number of hydrogen-bond donors (Lipinski definition) is 2. The summed E-state index contributed by atoms with van der Waals surface area (Å²) in [7, 11) is 0. The van der Waals surface area contributed by atoms with E-state index < -0.39 is 0 Å². The van der Waals surface area contributed by atoms with Gasteiger partial charge in [0.2, 0.25) is 6.79 Å². The molecule has 2 aromatic carbocycles. The SMILES string of the molecule is Fc1ccc(Nc2cc(NCc3ccc4c(c3)OCO4)ncn2)cc1. The summed E-state index contributed by atoms with van der Waals surface area (Å²) in [5, 5.41) is 6.35. The number of fused-ring (bicyclic) bond motifs is 1. The van der Waals surface area contributed by atoms with Gasteiger partial charge in [-0.05, 0) is 42.0 Å². The molecule has 126 valence electrons. The predicted molar refractivity (Wildman–Crippen MR) is 91.6 cm³/mol. The van der Waals surface area contributed by atoms with Crippen LogP contribution in [0.1, 0.15) is 5.56 Å². The Kier molecular flexibility index (Phi) is 4.04. The van der Waals surface area contributed by atoms with E-state index in [4.69, 9.17) is 9.47 Å². The molecule has 2 N–H and O–H groups in total. The molecule has 25 heavy (non-hydrogen) atoms. The first-order valence-corrected chi connectivity index (χ1v) is 7.73. The van der Waals surface area contributed by atoms with Crippen molar-refractivity contribution in [2.45, 2.75) is 6.54 Å². The van der Waals surface area contributed by atoms with Gasteiger partial charge in [0.1, 0.15) is 23.8 Å². The van der Waals surface area contributed by atoms with E-state index in [1.807, 2.05) is 18.2 Å². The van der Waals surface area contributed by atoms with Gasteiger partial charge in [0, 0.05) is 18.3 Å². The maximum atomic E-state index is 13.0. The van der Waals surface area contributed by atoms with Crippen LogP contribution in [0.4, 0.5) is 21.7 Å². The second-order valence-electron chi connectivity index (χ2n) is 5.46. The molecule has 1 aliphatic rings. The zero-order valence-corrected chi connectivity index (χ0v) is 13.2. The van der Waals surface area contributed by atoms with Crippen LogP contribution in [-0.2, 0) is 6.54 Å². The lowest BCUT2D eigenvalue weighted by atomic mass is 10.2. The maximum absolute atomic E-state index is 13.0. The molecule has 7 heteroatoms. The molecule has 1 aromatic heterocycles. The van der Waals surface area contributed by atoms with Crippen molar-refractivity contribution in [1.82, 2.24) is 9.97 Å². The fraction of sp³-hybridized carbons (Fsp3) is 0.111. The number of anilines is 3. The third kappa shape index (κ3) is 3.60. The molecule has 0 saturated carbocycles. The molecule has 0 bridgehead atoms. The van der Waals surface area contributed by atoms with Crippen molar-refractivity contribution in [1.29, 1.82) is 0 Å². The average molecular weight is 338 g/mol. The Balaban J connectivity index is 1.42. The summed E-state index contributed by atoms with van der Waals surface area (Å²) in [5.41, 5.74) is 1.80. The van der Waals surface area contributed by atoms with E-state index in [0.29, 0.717) is 18.2 Å². The van der Waals surface area contributed by atoms with E-state index in [1.54, 1.807) is 18.2 Å². The molecule has 0 spiro atoms. The monoisotopic (exact) mass is 338 g/mol. The Bertz CT molecular complexity index is 886. The van der Waals surface area contributed by atoms with Crippen LogP contribution in [0.2, 0.25) is 0 Å². The quantitative estimate of drug-likeness (QED) is 0.739. The summed E-state index contributed by atoms with van der Waals surface area (Å²) in [6, 6.07) is 13.7. The first-order chi connectivity index (χ1) is 12.3. The summed E-state index contributed by atoms with van der Waals surface area (Å²) in [5.74, 6) is 2.53. The summed E-state index contributed by atoms with van der Waals surface area (Å²) in [6.45, 7) is 0.847. The summed E-state index contributed by atoms with van der Waals surface area (Å²) in [4.78, 5) is 8.37. The van der Waals surface area contributed by atoms with Crippen LogP contribution in [-0.4, -0.2) is 16.8 Å². The van der Waals surface area contributed by atoms with Crippen LogP contribution in [0.5, 0.6) is 11.5 Å². The smallest absolute Gasteiger partial charge is 0.231 e.